The second-order valence-electron chi connectivity index (χ2n) is 3.36. The fourth-order valence-corrected chi connectivity index (χ4v) is 2.72. The number of aliphatic hydroxyl groups excluding tert-OH is 2. The molecule has 4 unspecified atom stereocenters. The van der Waals surface area contributed by atoms with Gasteiger partial charge in [-0.05, 0) is 13.3 Å². The van der Waals surface area contributed by atoms with Gasteiger partial charge >= 0.3 is 0 Å². The second-order valence-corrected chi connectivity index (χ2v) is 4.96. The van der Waals surface area contributed by atoms with Gasteiger partial charge in [-0.3, -0.25) is 4.79 Å². The van der Waals surface area contributed by atoms with Crippen molar-refractivity contribution in [2.75, 3.05) is 6.61 Å². The molecule has 4 nitrogen and oxygen atoms in total. The molecule has 0 aromatic rings. The smallest absolute Gasteiger partial charge is 0.146 e. The van der Waals surface area contributed by atoms with Crippen molar-refractivity contribution in [3.05, 3.63) is 0 Å². The summed E-state index contributed by atoms with van der Waals surface area (Å²) in [7, 11) is 0. The Hall–Kier alpha value is 0.280. The van der Waals surface area contributed by atoms with Crippen molar-refractivity contribution in [3.8, 4) is 0 Å². The number of nitrogens with one attached hydrogen (secondary N) is 1. The van der Waals surface area contributed by atoms with Crippen LogP contribution in [0.3, 0.4) is 0 Å². The second kappa shape index (κ2) is 4.68. The van der Waals surface area contributed by atoms with Crippen molar-refractivity contribution in [3.63, 3.8) is 0 Å². The first-order valence-electron chi connectivity index (χ1n) is 4.25. The summed E-state index contributed by atoms with van der Waals surface area (Å²) in [6, 6.07) is -0.326. The maximum atomic E-state index is 11.0. The Bertz CT molecular complexity index is 200. The monoisotopic (exact) mass is 299 g/mol. The van der Waals surface area contributed by atoms with Gasteiger partial charge in [0.25, 0.3) is 0 Å². The zero-order valence-corrected chi connectivity index (χ0v) is 9.56. The van der Waals surface area contributed by atoms with Crippen LogP contribution < -0.4 is 5.32 Å². The largest absolute Gasteiger partial charge is 0.394 e. The third kappa shape index (κ3) is 2.61. The van der Waals surface area contributed by atoms with Crippen molar-refractivity contribution >= 4 is 28.4 Å². The van der Waals surface area contributed by atoms with Crippen molar-refractivity contribution < 1.29 is 15.0 Å². The third-order valence-electron chi connectivity index (χ3n) is 2.34. The Morgan fingerprint density at radius 1 is 1.77 bits per heavy atom. The molecule has 0 saturated carbocycles. The molecule has 0 bridgehead atoms. The molecule has 76 valence electrons. The SMILES string of the molecule is CC(=O)C1CC(I)C(C(O)CO)N1. The number of halogens is 1. The molecule has 0 aliphatic carbocycles. The molecule has 13 heavy (non-hydrogen) atoms. The number of aliphatic hydroxyl groups is 2. The fraction of sp³-hybridized carbons (Fsp3) is 0.875. The third-order valence-corrected chi connectivity index (χ3v) is 3.62. The zero-order chi connectivity index (χ0) is 10.0. The Balaban J connectivity index is 2.55. The molecule has 0 spiro atoms. The average Bonchev–Trinajstić information content (AvgIpc) is 2.46. The predicted molar refractivity (Wildman–Crippen MR) is 56.9 cm³/mol. The zero-order valence-electron chi connectivity index (χ0n) is 7.40. The van der Waals surface area contributed by atoms with Gasteiger partial charge in [0.2, 0.25) is 0 Å². The molecule has 1 rings (SSSR count). The molecular weight excluding hydrogens is 285 g/mol. The van der Waals surface area contributed by atoms with E-state index in [1.54, 1.807) is 0 Å². The molecule has 0 aromatic carbocycles. The summed E-state index contributed by atoms with van der Waals surface area (Å²) in [5.74, 6) is 0.0919. The molecule has 0 amide bonds. The Kier molecular flexibility index (Phi) is 4.08. The van der Waals surface area contributed by atoms with Gasteiger partial charge in [0.1, 0.15) is 5.78 Å². The highest BCUT2D eigenvalue weighted by Crippen LogP contribution is 2.24. The summed E-state index contributed by atoms with van der Waals surface area (Å²) < 4.78 is 0.202. The number of hydrogen-bond donors (Lipinski definition) is 3. The number of Topliss-reactive ketones (excluding diaryl/α,β-unsaturated/α-hetero) is 1. The fourth-order valence-electron chi connectivity index (χ4n) is 1.53. The van der Waals surface area contributed by atoms with Crippen LogP contribution in [0.2, 0.25) is 0 Å². The molecule has 0 radical (unpaired) electrons. The number of hydrogen-bond acceptors (Lipinski definition) is 4. The molecule has 1 fully saturated rings. The van der Waals surface area contributed by atoms with E-state index in [0.717, 1.165) is 6.42 Å². The number of rotatable bonds is 3. The van der Waals surface area contributed by atoms with E-state index >= 15 is 0 Å². The lowest BCUT2D eigenvalue weighted by molar-refractivity contribution is -0.118. The van der Waals surface area contributed by atoms with E-state index in [9.17, 15) is 9.90 Å². The first-order chi connectivity index (χ1) is 6.06. The normalized spacial score (nSPS) is 36.2. The molecule has 0 aromatic heterocycles. The lowest BCUT2D eigenvalue weighted by atomic mass is 10.1. The number of carbonyl (C=O) groups excluding carboxylic acids is 1. The molecule has 1 saturated heterocycles. The van der Waals surface area contributed by atoms with Gasteiger partial charge in [-0.2, -0.15) is 0 Å². The van der Waals surface area contributed by atoms with Gasteiger partial charge in [0.05, 0.1) is 18.8 Å². The minimum Gasteiger partial charge on any atom is -0.394 e. The van der Waals surface area contributed by atoms with Crippen LogP contribution in [-0.4, -0.2) is 44.7 Å². The van der Waals surface area contributed by atoms with E-state index in [1.807, 2.05) is 0 Å². The van der Waals surface area contributed by atoms with Crippen LogP contribution in [0, 0.1) is 0 Å². The van der Waals surface area contributed by atoms with E-state index in [1.165, 1.54) is 6.92 Å². The maximum Gasteiger partial charge on any atom is 0.146 e. The van der Waals surface area contributed by atoms with Crippen LogP contribution in [0.1, 0.15) is 13.3 Å². The minimum absolute atomic E-state index is 0.0919. The summed E-state index contributed by atoms with van der Waals surface area (Å²) in [5.41, 5.74) is 0. The lowest BCUT2D eigenvalue weighted by Crippen LogP contribution is -2.44. The first kappa shape index (κ1) is 11.4. The highest BCUT2D eigenvalue weighted by atomic mass is 127. The van der Waals surface area contributed by atoms with Crippen LogP contribution >= 0.6 is 22.6 Å². The first-order valence-corrected chi connectivity index (χ1v) is 5.50. The summed E-state index contributed by atoms with van der Waals surface area (Å²) >= 11 is 2.20. The van der Waals surface area contributed by atoms with E-state index in [0.29, 0.717) is 0 Å². The highest BCUT2D eigenvalue weighted by Gasteiger charge is 2.37. The lowest BCUT2D eigenvalue weighted by Gasteiger charge is -2.19. The maximum absolute atomic E-state index is 11.0. The van der Waals surface area contributed by atoms with Crippen molar-refractivity contribution in [2.45, 2.75) is 35.5 Å². The summed E-state index contributed by atoms with van der Waals surface area (Å²) in [6.45, 7) is 1.27. The van der Waals surface area contributed by atoms with Crippen LogP contribution in [-0.2, 0) is 4.79 Å². The van der Waals surface area contributed by atoms with Crippen molar-refractivity contribution in [2.24, 2.45) is 0 Å². The van der Waals surface area contributed by atoms with Gasteiger partial charge in [-0.15, -0.1) is 0 Å². The topological polar surface area (TPSA) is 69.6 Å². The minimum atomic E-state index is -0.772. The van der Waals surface area contributed by atoms with Gasteiger partial charge in [-0.25, -0.2) is 0 Å². The quantitative estimate of drug-likeness (QED) is 0.484. The standard InChI is InChI=1S/C8H14INO3/c1-4(12)6-2-5(9)8(10-6)7(13)3-11/h5-8,10-11,13H,2-3H2,1H3. The molecule has 5 heteroatoms. The Labute approximate surface area is 90.8 Å². The Morgan fingerprint density at radius 3 is 2.77 bits per heavy atom. The van der Waals surface area contributed by atoms with E-state index in [4.69, 9.17) is 5.11 Å². The van der Waals surface area contributed by atoms with Crippen molar-refractivity contribution in [1.29, 1.82) is 0 Å². The summed E-state index contributed by atoms with van der Waals surface area (Å²) in [5, 5.41) is 21.2. The average molecular weight is 299 g/mol. The number of ketones is 1. The van der Waals surface area contributed by atoms with Gasteiger partial charge in [0.15, 0.2) is 0 Å². The van der Waals surface area contributed by atoms with Crippen LogP contribution in [0.4, 0.5) is 0 Å². The number of carbonyl (C=O) groups is 1. The Morgan fingerprint density at radius 2 is 2.38 bits per heavy atom. The van der Waals surface area contributed by atoms with Crippen LogP contribution in [0.15, 0.2) is 0 Å². The summed E-state index contributed by atoms with van der Waals surface area (Å²) in [6.07, 6.45) is -0.0382. The van der Waals surface area contributed by atoms with Crippen LogP contribution in [0.5, 0.6) is 0 Å². The predicted octanol–water partition coefficient (Wildman–Crippen LogP) is -0.537. The van der Waals surface area contributed by atoms with Crippen LogP contribution in [0.25, 0.3) is 0 Å². The number of alkyl halides is 1. The van der Waals surface area contributed by atoms with Gasteiger partial charge < -0.3 is 15.5 Å². The van der Waals surface area contributed by atoms with E-state index in [2.05, 4.69) is 27.9 Å². The molecule has 3 N–H and O–H groups in total. The van der Waals surface area contributed by atoms with Gasteiger partial charge in [0, 0.05) is 9.97 Å². The van der Waals surface area contributed by atoms with Gasteiger partial charge in [-0.1, -0.05) is 22.6 Å². The molecule has 1 heterocycles. The molecular formula is C8H14INO3. The molecule has 1 aliphatic rings. The van der Waals surface area contributed by atoms with E-state index in [-0.39, 0.29) is 28.4 Å². The van der Waals surface area contributed by atoms with E-state index < -0.39 is 6.10 Å². The molecule has 1 aliphatic heterocycles. The molecule has 4 atom stereocenters. The van der Waals surface area contributed by atoms with Crippen molar-refractivity contribution in [1.82, 2.24) is 5.32 Å². The highest BCUT2D eigenvalue weighted by molar-refractivity contribution is 14.1. The summed E-state index contributed by atoms with van der Waals surface area (Å²) in [4.78, 5) is 11.0.